The first-order valence-electron chi connectivity index (χ1n) is 10.8. The van der Waals surface area contributed by atoms with Crippen LogP contribution in [0.1, 0.15) is 105 Å². The Morgan fingerprint density at radius 2 is 1.08 bits per heavy atom. The molecule has 0 aromatic carbocycles. The summed E-state index contributed by atoms with van der Waals surface area (Å²) in [6.07, 6.45) is 21.1. The molecule has 0 heterocycles. The molecule has 0 saturated carbocycles. The van der Waals surface area contributed by atoms with E-state index in [2.05, 4.69) is 39.8 Å². The summed E-state index contributed by atoms with van der Waals surface area (Å²) in [7, 11) is 0. The molecule has 0 N–H and O–H groups in total. The van der Waals surface area contributed by atoms with E-state index in [0.717, 1.165) is 0 Å². The molecule has 0 aliphatic heterocycles. The summed E-state index contributed by atoms with van der Waals surface area (Å²) in [6, 6.07) is 0. The van der Waals surface area contributed by atoms with E-state index in [1.165, 1.54) is 77.0 Å². The van der Waals surface area contributed by atoms with Crippen molar-refractivity contribution >= 4 is 0 Å². The molecular weight excluding hydrogens is 379 g/mol. The zero-order chi connectivity index (χ0) is 18.1. The van der Waals surface area contributed by atoms with Gasteiger partial charge < -0.3 is 0 Å². The third kappa shape index (κ3) is 5.92. The Morgan fingerprint density at radius 3 is 1.44 bits per heavy atom. The fourth-order valence-corrected chi connectivity index (χ4v) is 8.57. The van der Waals surface area contributed by atoms with Gasteiger partial charge in [-0.2, -0.15) is 0 Å². The second kappa shape index (κ2) is 11.5. The predicted octanol–water partition coefficient (Wildman–Crippen LogP) is 8.22. The minimum absolute atomic E-state index is 0.642. The average Bonchev–Trinajstić information content (AvgIpc) is 3.17. The van der Waals surface area contributed by atoms with E-state index >= 15 is 0 Å². The quantitative estimate of drug-likeness (QED) is 0.300. The van der Waals surface area contributed by atoms with Gasteiger partial charge in [-0.25, -0.2) is 0 Å². The van der Waals surface area contributed by atoms with Crippen LogP contribution in [0.5, 0.6) is 0 Å². The summed E-state index contributed by atoms with van der Waals surface area (Å²) in [6.45, 7) is 9.36. The molecule has 2 rings (SSSR count). The molecule has 0 atom stereocenters. The molecule has 0 fully saturated rings. The molecule has 2 aliphatic rings. The van der Waals surface area contributed by atoms with Gasteiger partial charge in [-0.15, -0.1) is 0 Å². The van der Waals surface area contributed by atoms with Gasteiger partial charge in [-0.1, -0.05) is 0 Å². The topological polar surface area (TPSA) is 0 Å². The molecule has 0 aromatic heterocycles. The Bertz CT molecular complexity index is 507. The zero-order valence-electron chi connectivity index (χ0n) is 17.1. The fourth-order valence-electron chi connectivity index (χ4n) is 4.06. The zero-order valence-corrected chi connectivity index (χ0v) is 19.6. The molecule has 0 unspecified atom stereocenters. The molecule has 0 nitrogen and oxygen atoms in total. The fraction of sp³-hybridized carbons (Fsp3) is 0.667. The van der Waals surface area contributed by atoms with E-state index in [-0.39, 0.29) is 0 Å². The molecule has 1 heteroatoms. The van der Waals surface area contributed by atoms with Crippen molar-refractivity contribution in [2.75, 3.05) is 0 Å². The van der Waals surface area contributed by atoms with Gasteiger partial charge in [0.05, 0.1) is 0 Å². The van der Waals surface area contributed by atoms with Gasteiger partial charge in [0, 0.05) is 0 Å². The summed E-state index contributed by atoms with van der Waals surface area (Å²) in [4.78, 5) is 0. The van der Waals surface area contributed by atoms with Crippen LogP contribution in [0, 0.1) is 0 Å². The molecule has 25 heavy (non-hydrogen) atoms. The van der Waals surface area contributed by atoms with Crippen molar-refractivity contribution in [1.29, 1.82) is 0 Å². The molecule has 0 radical (unpaired) electrons. The molecule has 0 bridgehead atoms. The summed E-state index contributed by atoms with van der Waals surface area (Å²) >= 11 is -0.642. The summed E-state index contributed by atoms with van der Waals surface area (Å²) in [5.41, 5.74) is 7.18. The van der Waals surface area contributed by atoms with Crippen molar-refractivity contribution in [3.05, 3.63) is 41.0 Å². The van der Waals surface area contributed by atoms with E-state index in [4.69, 9.17) is 0 Å². The minimum atomic E-state index is -0.642. The SMILES string of the molecule is CCCCC1=CCC(CCC)=[C]1[Zr][C]1=C(CCC)CC=C1CCCC. The van der Waals surface area contributed by atoms with Crippen LogP contribution in [0.15, 0.2) is 41.0 Å². The van der Waals surface area contributed by atoms with Gasteiger partial charge in [0.2, 0.25) is 0 Å². The van der Waals surface area contributed by atoms with Gasteiger partial charge >= 0.3 is 169 Å². The maximum atomic E-state index is 2.60. The average molecular weight is 418 g/mol. The molecule has 0 saturated heterocycles. The van der Waals surface area contributed by atoms with Crippen LogP contribution in [0.3, 0.4) is 0 Å². The van der Waals surface area contributed by atoms with Gasteiger partial charge in [0.1, 0.15) is 0 Å². The third-order valence-corrected chi connectivity index (χ3v) is 10.0. The molecule has 2 aliphatic carbocycles. The van der Waals surface area contributed by atoms with Gasteiger partial charge in [0.25, 0.3) is 0 Å². The maximum absolute atomic E-state index is 2.60. The van der Waals surface area contributed by atoms with Crippen LogP contribution < -0.4 is 0 Å². The molecule has 138 valence electrons. The molecular formula is C24H38Zr. The Balaban J connectivity index is 2.23. The van der Waals surface area contributed by atoms with Gasteiger partial charge in [-0.05, 0) is 0 Å². The van der Waals surface area contributed by atoms with E-state index < -0.39 is 23.2 Å². The van der Waals surface area contributed by atoms with E-state index in [9.17, 15) is 0 Å². The third-order valence-electron chi connectivity index (χ3n) is 5.49. The predicted molar refractivity (Wildman–Crippen MR) is 108 cm³/mol. The summed E-state index contributed by atoms with van der Waals surface area (Å²) in [5, 5.41) is 0. The van der Waals surface area contributed by atoms with E-state index in [1.54, 1.807) is 11.1 Å². The monoisotopic (exact) mass is 416 g/mol. The second-order valence-electron chi connectivity index (χ2n) is 7.66. The van der Waals surface area contributed by atoms with E-state index in [0.29, 0.717) is 0 Å². The Labute approximate surface area is 168 Å². The van der Waals surface area contributed by atoms with Crippen LogP contribution in [-0.4, -0.2) is 0 Å². The Morgan fingerprint density at radius 1 is 0.640 bits per heavy atom. The van der Waals surface area contributed by atoms with Crippen molar-refractivity contribution in [3.63, 3.8) is 0 Å². The number of hydrogen-bond donors (Lipinski definition) is 0. The van der Waals surface area contributed by atoms with Crippen LogP contribution in [-0.2, 0) is 23.2 Å². The van der Waals surface area contributed by atoms with Crippen LogP contribution in [0.4, 0.5) is 0 Å². The van der Waals surface area contributed by atoms with Gasteiger partial charge in [-0.3, -0.25) is 0 Å². The number of hydrogen-bond acceptors (Lipinski definition) is 0. The van der Waals surface area contributed by atoms with E-state index in [1.807, 2.05) is 17.7 Å². The van der Waals surface area contributed by atoms with Crippen LogP contribution in [0.25, 0.3) is 0 Å². The summed E-state index contributed by atoms with van der Waals surface area (Å²) in [5.74, 6) is 0. The van der Waals surface area contributed by atoms with Crippen molar-refractivity contribution in [2.45, 2.75) is 105 Å². The molecule has 0 aromatic rings. The van der Waals surface area contributed by atoms with Gasteiger partial charge in [0.15, 0.2) is 0 Å². The van der Waals surface area contributed by atoms with Crippen molar-refractivity contribution in [2.24, 2.45) is 0 Å². The van der Waals surface area contributed by atoms with Crippen molar-refractivity contribution in [3.8, 4) is 0 Å². The Hall–Kier alpha value is -0.157. The standard InChI is InChI=1S/2C12H19.Zr/c2*1-3-5-7-12-9-8-11(10-12)6-4-2;/h2*9H,3-8H2,1-2H3;. The number of allylic oxidation sites excluding steroid dienone is 8. The molecule has 0 amide bonds. The first-order valence-corrected chi connectivity index (χ1v) is 13.3. The first-order chi connectivity index (χ1) is 12.2. The summed E-state index contributed by atoms with van der Waals surface area (Å²) < 4.78 is 3.82. The number of rotatable bonds is 12. The first kappa shape index (κ1) is 21.1. The van der Waals surface area contributed by atoms with Crippen LogP contribution in [0.2, 0.25) is 0 Å². The number of unbranched alkanes of at least 4 members (excludes halogenated alkanes) is 2. The van der Waals surface area contributed by atoms with Crippen molar-refractivity contribution < 1.29 is 23.2 Å². The molecule has 0 spiro atoms. The Kier molecular flexibility index (Phi) is 9.76. The normalized spacial score (nSPS) is 17.4. The second-order valence-corrected chi connectivity index (χ2v) is 10.7. The van der Waals surface area contributed by atoms with Crippen molar-refractivity contribution in [1.82, 2.24) is 0 Å². The van der Waals surface area contributed by atoms with Crippen LogP contribution >= 0.6 is 0 Å².